The molecule has 1 aromatic heterocycles. The Balaban J connectivity index is 1.60. The molecule has 0 aliphatic heterocycles. The maximum atomic E-state index is 13.5. The summed E-state index contributed by atoms with van der Waals surface area (Å²) in [4.78, 5) is 14.8. The molecule has 180 valence electrons. The molecule has 0 atom stereocenters. The van der Waals surface area contributed by atoms with Gasteiger partial charge in [-0.3, -0.25) is 4.79 Å². The molecule has 0 bridgehead atoms. The van der Waals surface area contributed by atoms with Gasteiger partial charge in [-0.25, -0.2) is 0 Å². The molecule has 1 heterocycles. The van der Waals surface area contributed by atoms with Crippen LogP contribution in [0.4, 0.5) is 10.7 Å². The van der Waals surface area contributed by atoms with Crippen LogP contribution in [-0.2, 0) is 19.4 Å². The van der Waals surface area contributed by atoms with Crippen molar-refractivity contribution in [3.8, 4) is 23.0 Å². The molecule has 34 heavy (non-hydrogen) atoms. The number of carbonyl (C=O) groups excluding carboxylic acids is 1. The summed E-state index contributed by atoms with van der Waals surface area (Å²) in [7, 11) is 6.42. The molecule has 0 radical (unpaired) electrons. The molecule has 0 saturated heterocycles. The van der Waals surface area contributed by atoms with Gasteiger partial charge in [-0.05, 0) is 61.1 Å². The molecule has 2 aromatic carbocycles. The van der Waals surface area contributed by atoms with E-state index in [9.17, 15) is 4.79 Å². The van der Waals surface area contributed by atoms with E-state index in [4.69, 9.17) is 18.9 Å². The predicted molar refractivity (Wildman–Crippen MR) is 135 cm³/mol. The maximum absolute atomic E-state index is 13.5. The number of fused-ring (bicyclic) bond motifs is 1. The lowest BCUT2D eigenvalue weighted by molar-refractivity contribution is 0.102. The number of methoxy groups -OCH3 is 4. The molecule has 0 fully saturated rings. The van der Waals surface area contributed by atoms with Crippen molar-refractivity contribution in [2.75, 3.05) is 39.1 Å². The van der Waals surface area contributed by atoms with E-state index < -0.39 is 0 Å². The normalized spacial score (nSPS) is 12.5. The Morgan fingerprint density at radius 3 is 2.38 bits per heavy atom. The van der Waals surface area contributed by atoms with Crippen molar-refractivity contribution in [3.05, 3.63) is 58.0 Å². The number of aryl methyl sites for hydroxylation is 1. The number of hydrogen-bond donors (Lipinski definition) is 2. The van der Waals surface area contributed by atoms with Gasteiger partial charge in [0, 0.05) is 17.5 Å². The first kappa shape index (κ1) is 23.8. The lowest BCUT2D eigenvalue weighted by Gasteiger charge is -2.15. The van der Waals surface area contributed by atoms with Crippen LogP contribution in [0.5, 0.6) is 23.0 Å². The molecule has 8 heteroatoms. The first-order chi connectivity index (χ1) is 16.6. The number of carbonyl (C=O) groups is 1. The van der Waals surface area contributed by atoms with Gasteiger partial charge >= 0.3 is 0 Å². The van der Waals surface area contributed by atoms with Crippen molar-refractivity contribution in [2.45, 2.75) is 32.2 Å². The number of rotatable bonds is 9. The summed E-state index contributed by atoms with van der Waals surface area (Å²) >= 11 is 1.67. The number of hydrogen-bond acceptors (Lipinski definition) is 7. The summed E-state index contributed by atoms with van der Waals surface area (Å²) in [6.45, 7) is 0.561. The standard InChI is InChI=1S/C26H30N2O5S/c1-30-17-10-11-19(21(14-17)32-3)28-25(29)24-18-7-5-6-8-23(18)34-26(24)27-15-16-9-12-20(31-2)22(13-16)33-4/h9-14,27H,5-8,15H2,1-4H3,(H,28,29). The minimum atomic E-state index is -0.141. The highest BCUT2D eigenvalue weighted by atomic mass is 32.1. The summed E-state index contributed by atoms with van der Waals surface area (Å²) in [6.07, 6.45) is 4.15. The van der Waals surface area contributed by atoms with Crippen LogP contribution in [-0.4, -0.2) is 34.3 Å². The second-order valence-corrected chi connectivity index (χ2v) is 9.08. The van der Waals surface area contributed by atoms with Crippen molar-refractivity contribution >= 4 is 27.9 Å². The van der Waals surface area contributed by atoms with E-state index in [0.29, 0.717) is 35.2 Å². The molecule has 0 spiro atoms. The van der Waals surface area contributed by atoms with Crippen LogP contribution in [0.3, 0.4) is 0 Å². The van der Waals surface area contributed by atoms with Crippen molar-refractivity contribution in [2.24, 2.45) is 0 Å². The fourth-order valence-corrected chi connectivity index (χ4v) is 5.47. The Morgan fingerprint density at radius 1 is 0.882 bits per heavy atom. The summed E-state index contributed by atoms with van der Waals surface area (Å²) in [5.74, 6) is 2.44. The van der Waals surface area contributed by atoms with E-state index in [1.807, 2.05) is 18.2 Å². The molecule has 0 unspecified atom stereocenters. The number of amides is 1. The highest BCUT2D eigenvalue weighted by Gasteiger charge is 2.26. The summed E-state index contributed by atoms with van der Waals surface area (Å²) in [5, 5.41) is 7.43. The van der Waals surface area contributed by atoms with E-state index in [-0.39, 0.29) is 5.91 Å². The van der Waals surface area contributed by atoms with Crippen LogP contribution < -0.4 is 29.6 Å². The molecule has 1 aliphatic carbocycles. The van der Waals surface area contributed by atoms with Crippen LogP contribution in [0.15, 0.2) is 36.4 Å². The highest BCUT2D eigenvalue weighted by molar-refractivity contribution is 7.16. The molecule has 2 N–H and O–H groups in total. The Hall–Kier alpha value is -3.39. The van der Waals surface area contributed by atoms with Gasteiger partial charge < -0.3 is 29.6 Å². The molecular formula is C26H30N2O5S. The zero-order valence-corrected chi connectivity index (χ0v) is 20.8. The van der Waals surface area contributed by atoms with E-state index in [2.05, 4.69) is 10.6 Å². The third-order valence-corrected chi connectivity index (χ3v) is 7.21. The fourth-order valence-electron chi connectivity index (χ4n) is 4.19. The monoisotopic (exact) mass is 482 g/mol. The average Bonchev–Trinajstić information content (AvgIpc) is 3.26. The van der Waals surface area contributed by atoms with Crippen molar-refractivity contribution < 1.29 is 23.7 Å². The van der Waals surface area contributed by atoms with Crippen molar-refractivity contribution in [1.29, 1.82) is 0 Å². The minimum Gasteiger partial charge on any atom is -0.497 e. The second kappa shape index (κ2) is 10.7. The van der Waals surface area contributed by atoms with Gasteiger partial charge in [0.15, 0.2) is 11.5 Å². The molecule has 1 aliphatic rings. The van der Waals surface area contributed by atoms with Gasteiger partial charge in [0.2, 0.25) is 0 Å². The predicted octanol–water partition coefficient (Wildman–Crippen LogP) is 5.53. The largest absolute Gasteiger partial charge is 0.497 e. The summed E-state index contributed by atoms with van der Waals surface area (Å²) in [5.41, 5.74) is 3.51. The summed E-state index contributed by atoms with van der Waals surface area (Å²) in [6, 6.07) is 11.2. The van der Waals surface area contributed by atoms with Crippen LogP contribution in [0.2, 0.25) is 0 Å². The number of ether oxygens (including phenoxy) is 4. The lowest BCUT2D eigenvalue weighted by atomic mass is 9.95. The van der Waals surface area contributed by atoms with Gasteiger partial charge in [-0.1, -0.05) is 6.07 Å². The van der Waals surface area contributed by atoms with E-state index in [1.54, 1.807) is 58.0 Å². The SMILES string of the molecule is COc1ccc(NC(=O)c2c(NCc3ccc(OC)c(OC)c3)sc3c2CCCC3)c(OC)c1. The highest BCUT2D eigenvalue weighted by Crippen LogP contribution is 2.40. The van der Waals surface area contributed by atoms with Gasteiger partial charge in [0.1, 0.15) is 16.5 Å². The summed E-state index contributed by atoms with van der Waals surface area (Å²) < 4.78 is 21.5. The molecule has 4 rings (SSSR count). The van der Waals surface area contributed by atoms with Gasteiger partial charge in [-0.2, -0.15) is 0 Å². The number of thiophene rings is 1. The van der Waals surface area contributed by atoms with E-state index in [0.717, 1.165) is 47.4 Å². The Kier molecular flexibility index (Phi) is 7.47. The van der Waals surface area contributed by atoms with Crippen LogP contribution >= 0.6 is 11.3 Å². The Bertz CT molecular complexity index is 1170. The first-order valence-electron chi connectivity index (χ1n) is 11.2. The van der Waals surface area contributed by atoms with E-state index >= 15 is 0 Å². The number of nitrogens with one attached hydrogen (secondary N) is 2. The minimum absolute atomic E-state index is 0.141. The zero-order chi connectivity index (χ0) is 24.1. The third kappa shape index (κ3) is 4.92. The Labute approximate surface area is 204 Å². The van der Waals surface area contributed by atoms with Gasteiger partial charge in [0.05, 0.1) is 39.7 Å². The fraction of sp³-hybridized carbons (Fsp3) is 0.346. The van der Waals surface area contributed by atoms with Gasteiger partial charge in [-0.15, -0.1) is 11.3 Å². The van der Waals surface area contributed by atoms with Crippen LogP contribution in [0, 0.1) is 0 Å². The first-order valence-corrected chi connectivity index (χ1v) is 12.0. The Morgan fingerprint density at radius 2 is 1.65 bits per heavy atom. The molecule has 0 saturated carbocycles. The van der Waals surface area contributed by atoms with Crippen LogP contribution in [0.25, 0.3) is 0 Å². The van der Waals surface area contributed by atoms with Crippen LogP contribution in [0.1, 0.15) is 39.2 Å². The third-order valence-electron chi connectivity index (χ3n) is 5.96. The molecular weight excluding hydrogens is 452 g/mol. The van der Waals surface area contributed by atoms with Crippen molar-refractivity contribution in [3.63, 3.8) is 0 Å². The molecule has 1 amide bonds. The smallest absolute Gasteiger partial charge is 0.259 e. The van der Waals surface area contributed by atoms with Gasteiger partial charge in [0.25, 0.3) is 5.91 Å². The van der Waals surface area contributed by atoms with Crippen molar-refractivity contribution in [1.82, 2.24) is 0 Å². The lowest BCUT2D eigenvalue weighted by Crippen LogP contribution is -2.17. The number of anilines is 2. The second-order valence-electron chi connectivity index (χ2n) is 7.98. The number of benzene rings is 2. The average molecular weight is 483 g/mol. The quantitative estimate of drug-likeness (QED) is 0.418. The molecule has 7 nitrogen and oxygen atoms in total. The van der Waals surface area contributed by atoms with E-state index in [1.165, 1.54) is 4.88 Å². The zero-order valence-electron chi connectivity index (χ0n) is 19.9. The maximum Gasteiger partial charge on any atom is 0.259 e. The molecule has 3 aromatic rings. The topological polar surface area (TPSA) is 78.1 Å².